The van der Waals surface area contributed by atoms with Crippen LogP contribution in [0.25, 0.3) is 0 Å². The zero-order valence-corrected chi connectivity index (χ0v) is 27.3. The summed E-state index contributed by atoms with van der Waals surface area (Å²) >= 11 is 1.21. The van der Waals surface area contributed by atoms with Gasteiger partial charge in [0.05, 0.1) is 5.25 Å². The number of likely N-dealkylation sites (tertiary alicyclic amines) is 1. The van der Waals surface area contributed by atoms with Crippen molar-refractivity contribution in [2.75, 3.05) is 25.4 Å². The lowest BCUT2D eigenvalue weighted by atomic mass is 10.1. The molecule has 1 aliphatic heterocycles. The van der Waals surface area contributed by atoms with Crippen LogP contribution in [0.4, 0.5) is 0 Å². The first-order valence-corrected chi connectivity index (χ1v) is 16.5. The van der Waals surface area contributed by atoms with Gasteiger partial charge < -0.3 is 32.7 Å². The minimum absolute atomic E-state index is 0.0125. The molecule has 4 unspecified atom stereocenters. The highest BCUT2D eigenvalue weighted by atomic mass is 32.2. The minimum atomic E-state index is -0.970. The van der Waals surface area contributed by atoms with E-state index in [-0.39, 0.29) is 68.3 Å². The molecule has 1 aliphatic rings. The van der Waals surface area contributed by atoms with Crippen molar-refractivity contribution < 1.29 is 38.4 Å². The van der Waals surface area contributed by atoms with E-state index in [9.17, 15) is 38.4 Å². The molecule has 1 rings (SSSR count). The summed E-state index contributed by atoms with van der Waals surface area (Å²) in [5.41, 5.74) is 10.7. The van der Waals surface area contributed by atoms with E-state index in [2.05, 4.69) is 21.3 Å². The van der Waals surface area contributed by atoms with Crippen molar-refractivity contribution in [2.45, 2.75) is 102 Å². The Hall–Kier alpha value is -3.69. The fraction of sp³-hybridized carbons (Fsp3) is 0.724. The zero-order chi connectivity index (χ0) is 33.9. The van der Waals surface area contributed by atoms with Crippen LogP contribution in [0.3, 0.4) is 0 Å². The molecule has 16 heteroatoms. The quantitative estimate of drug-likeness (QED) is 0.0596. The van der Waals surface area contributed by atoms with E-state index in [0.717, 1.165) is 4.90 Å². The molecule has 0 spiro atoms. The van der Waals surface area contributed by atoms with Gasteiger partial charge in [-0.1, -0.05) is 20.8 Å². The SMILES string of the molecule is CCC(=O)NCCCCC(NC(=O)CC)C(=O)NC(CCCCNC(=O)CCN1C(=O)CC(SCC(C)C(N)=O)C1=O)C(N)=O. The number of hydrogen-bond donors (Lipinski definition) is 6. The van der Waals surface area contributed by atoms with Crippen LogP contribution in [0.15, 0.2) is 0 Å². The molecule has 0 aromatic carbocycles. The van der Waals surface area contributed by atoms with Gasteiger partial charge in [0.25, 0.3) is 0 Å². The number of thioether (sulfide) groups is 1. The lowest BCUT2D eigenvalue weighted by molar-refractivity contribution is -0.138. The third-order valence-electron chi connectivity index (χ3n) is 7.24. The van der Waals surface area contributed by atoms with Crippen LogP contribution >= 0.6 is 11.8 Å². The molecular weight excluding hydrogens is 606 g/mol. The molecule has 45 heavy (non-hydrogen) atoms. The van der Waals surface area contributed by atoms with Gasteiger partial charge in [0, 0.05) is 57.0 Å². The molecule has 0 bridgehead atoms. The molecule has 15 nitrogen and oxygen atoms in total. The van der Waals surface area contributed by atoms with Crippen LogP contribution in [0.1, 0.15) is 85.0 Å². The van der Waals surface area contributed by atoms with Crippen LogP contribution in [-0.4, -0.2) is 94.9 Å². The Kier molecular flexibility index (Phi) is 18.5. The number of imide groups is 1. The number of nitrogens with two attached hydrogens (primary N) is 2. The molecule has 0 radical (unpaired) electrons. The summed E-state index contributed by atoms with van der Waals surface area (Å²) in [7, 11) is 0. The maximum Gasteiger partial charge on any atom is 0.243 e. The van der Waals surface area contributed by atoms with Gasteiger partial charge in [0.15, 0.2) is 0 Å². The van der Waals surface area contributed by atoms with Gasteiger partial charge in [-0.15, -0.1) is 11.8 Å². The fourth-order valence-corrected chi connectivity index (χ4v) is 5.53. The maximum atomic E-state index is 12.9. The maximum absolute atomic E-state index is 12.9. The van der Waals surface area contributed by atoms with Crippen LogP contribution in [0.5, 0.6) is 0 Å². The summed E-state index contributed by atoms with van der Waals surface area (Å²) in [6, 6.07) is -1.83. The standard InChI is InChI=1S/C29H49N7O8S/c1-4-22(37)32-13-9-7-11-20(34-23(38)5-2)28(43)35-19(27(31)42)10-6-8-14-33-24(39)12-15-36-25(40)16-21(29(36)44)45-17-18(3)26(30)41/h18-21H,4-17H2,1-3H3,(H2,30,41)(H2,31,42)(H,32,37)(H,33,39)(H,34,38)(H,35,43). The molecule has 0 aromatic rings. The lowest BCUT2D eigenvalue weighted by Gasteiger charge is -2.22. The fourth-order valence-electron chi connectivity index (χ4n) is 4.31. The van der Waals surface area contributed by atoms with Crippen molar-refractivity contribution >= 4 is 59.0 Å². The van der Waals surface area contributed by atoms with Gasteiger partial charge >= 0.3 is 0 Å². The number of rotatable bonds is 23. The predicted octanol–water partition coefficient (Wildman–Crippen LogP) is -0.793. The van der Waals surface area contributed by atoms with Crippen LogP contribution < -0.4 is 32.7 Å². The van der Waals surface area contributed by atoms with Crippen molar-refractivity contribution in [2.24, 2.45) is 17.4 Å². The van der Waals surface area contributed by atoms with Crippen molar-refractivity contribution in [3.8, 4) is 0 Å². The van der Waals surface area contributed by atoms with E-state index in [0.29, 0.717) is 50.8 Å². The van der Waals surface area contributed by atoms with E-state index in [1.807, 2.05) is 0 Å². The largest absolute Gasteiger partial charge is 0.369 e. The van der Waals surface area contributed by atoms with Gasteiger partial charge in [-0.05, 0) is 38.5 Å². The van der Waals surface area contributed by atoms with Crippen molar-refractivity contribution in [1.29, 1.82) is 0 Å². The van der Waals surface area contributed by atoms with Gasteiger partial charge in [-0.2, -0.15) is 0 Å². The normalized spacial score (nSPS) is 16.4. The summed E-state index contributed by atoms with van der Waals surface area (Å²) in [5.74, 6) is -3.32. The Labute approximate surface area is 268 Å². The van der Waals surface area contributed by atoms with E-state index in [1.54, 1.807) is 20.8 Å². The van der Waals surface area contributed by atoms with E-state index < -0.39 is 41.0 Å². The first kappa shape index (κ1) is 39.3. The molecule has 4 atom stereocenters. The highest BCUT2D eigenvalue weighted by Crippen LogP contribution is 2.26. The third-order valence-corrected chi connectivity index (χ3v) is 8.70. The number of carbonyl (C=O) groups excluding carboxylic acids is 8. The summed E-state index contributed by atoms with van der Waals surface area (Å²) in [5, 5.41) is 10.1. The number of nitrogens with one attached hydrogen (secondary N) is 4. The van der Waals surface area contributed by atoms with Crippen molar-refractivity contribution in [3.05, 3.63) is 0 Å². The second-order valence-corrected chi connectivity index (χ2v) is 12.2. The Morgan fingerprint density at radius 2 is 1.40 bits per heavy atom. The van der Waals surface area contributed by atoms with Crippen molar-refractivity contribution in [1.82, 2.24) is 26.2 Å². The first-order valence-electron chi connectivity index (χ1n) is 15.5. The van der Waals surface area contributed by atoms with Crippen LogP contribution in [0.2, 0.25) is 0 Å². The molecule has 0 aliphatic carbocycles. The lowest BCUT2D eigenvalue weighted by Crippen LogP contribution is -2.52. The van der Waals surface area contributed by atoms with Crippen molar-refractivity contribution in [3.63, 3.8) is 0 Å². The molecule has 1 saturated heterocycles. The average Bonchev–Trinajstić information content (AvgIpc) is 3.27. The Morgan fingerprint density at radius 3 is 1.96 bits per heavy atom. The van der Waals surface area contributed by atoms with E-state index in [4.69, 9.17) is 11.5 Å². The Morgan fingerprint density at radius 1 is 0.822 bits per heavy atom. The van der Waals surface area contributed by atoms with E-state index >= 15 is 0 Å². The number of unbranched alkanes of at least 4 members (excludes halogenated alkanes) is 2. The molecule has 1 heterocycles. The van der Waals surface area contributed by atoms with Gasteiger partial charge in [-0.3, -0.25) is 43.3 Å². The number of primary amides is 2. The third kappa shape index (κ3) is 15.2. The molecule has 0 saturated carbocycles. The zero-order valence-electron chi connectivity index (χ0n) is 26.5. The highest BCUT2D eigenvalue weighted by Gasteiger charge is 2.39. The number of nitrogens with zero attached hydrogens (tertiary/aromatic N) is 1. The number of hydrogen-bond acceptors (Lipinski definition) is 9. The molecule has 0 aromatic heterocycles. The average molecular weight is 656 g/mol. The van der Waals surface area contributed by atoms with Gasteiger partial charge in [0.1, 0.15) is 12.1 Å². The Bertz CT molecular complexity index is 1070. The molecule has 8 amide bonds. The first-order chi connectivity index (χ1) is 21.3. The molecule has 8 N–H and O–H groups in total. The molecule has 1 fully saturated rings. The smallest absolute Gasteiger partial charge is 0.243 e. The topological polar surface area (TPSA) is 240 Å². The molecule has 254 valence electrons. The van der Waals surface area contributed by atoms with Gasteiger partial charge in [-0.25, -0.2) is 0 Å². The molecular formula is C29H49N7O8S. The van der Waals surface area contributed by atoms with E-state index in [1.165, 1.54) is 11.8 Å². The minimum Gasteiger partial charge on any atom is -0.369 e. The van der Waals surface area contributed by atoms with Gasteiger partial charge in [0.2, 0.25) is 47.3 Å². The summed E-state index contributed by atoms with van der Waals surface area (Å²) in [6.45, 7) is 5.73. The summed E-state index contributed by atoms with van der Waals surface area (Å²) < 4.78 is 0. The van der Waals surface area contributed by atoms with Crippen LogP contribution in [0, 0.1) is 5.92 Å². The predicted molar refractivity (Wildman–Crippen MR) is 168 cm³/mol. The number of amides is 8. The number of carbonyl (C=O) groups is 8. The Balaban J connectivity index is 2.44. The second kappa shape index (κ2) is 21.1. The summed E-state index contributed by atoms with van der Waals surface area (Å²) in [4.78, 5) is 97.7. The monoisotopic (exact) mass is 655 g/mol. The second-order valence-electron chi connectivity index (χ2n) is 10.9. The summed E-state index contributed by atoms with van der Waals surface area (Å²) in [6.07, 6.45) is 3.14. The highest BCUT2D eigenvalue weighted by molar-refractivity contribution is 8.00. The van der Waals surface area contributed by atoms with Crippen LogP contribution in [-0.2, 0) is 38.4 Å².